The second-order valence-electron chi connectivity index (χ2n) is 7.53. The van der Waals surface area contributed by atoms with Crippen molar-refractivity contribution in [3.63, 3.8) is 0 Å². The maximum atomic E-state index is 6.14. The van der Waals surface area contributed by atoms with E-state index in [1.54, 1.807) is 0 Å². The molecule has 2 aliphatic rings. The molecule has 2 atom stereocenters. The second kappa shape index (κ2) is 5.99. The number of hydrogen-bond acceptors (Lipinski definition) is 4. The molecule has 3 nitrogen and oxygen atoms in total. The van der Waals surface area contributed by atoms with Gasteiger partial charge in [-0.15, -0.1) is 11.3 Å². The van der Waals surface area contributed by atoms with Crippen LogP contribution in [0, 0.1) is 0 Å². The van der Waals surface area contributed by atoms with E-state index in [1.807, 2.05) is 11.3 Å². The molecule has 0 aromatic carbocycles. The lowest BCUT2D eigenvalue weighted by Gasteiger charge is -2.41. The maximum absolute atomic E-state index is 6.14. The first-order chi connectivity index (χ1) is 9.99. The number of thiophene rings is 1. The monoisotopic (exact) mass is 307 g/mol. The Morgan fingerprint density at radius 1 is 1.29 bits per heavy atom. The number of nitrogens with two attached hydrogens (primary N) is 1. The summed E-state index contributed by atoms with van der Waals surface area (Å²) in [6, 6.07) is 5.79. The smallest absolute Gasteiger partial charge is 0.0565 e. The molecule has 2 N–H and O–H groups in total. The minimum Gasteiger partial charge on any atom is -0.329 e. The van der Waals surface area contributed by atoms with Gasteiger partial charge in [0.25, 0.3) is 0 Å². The summed E-state index contributed by atoms with van der Waals surface area (Å²) in [5.41, 5.74) is 6.38. The average Bonchev–Trinajstić information content (AvgIpc) is 3.06. The van der Waals surface area contributed by atoms with Crippen LogP contribution >= 0.6 is 11.3 Å². The van der Waals surface area contributed by atoms with Gasteiger partial charge in [-0.2, -0.15) is 0 Å². The quantitative estimate of drug-likeness (QED) is 0.932. The highest BCUT2D eigenvalue weighted by Gasteiger charge is 2.34. The summed E-state index contributed by atoms with van der Waals surface area (Å²) >= 11 is 1.96. The molecule has 0 radical (unpaired) electrons. The van der Waals surface area contributed by atoms with Crippen LogP contribution in [0.4, 0.5) is 0 Å². The standard InChI is InChI=1S/C17H29N3S/c1-17(2,3)16-7-6-15(21-16)14(11-18)20-10-9-19-8-4-5-13(19)12-20/h6-7,13-14H,4-5,8-12,18H2,1-3H3. The van der Waals surface area contributed by atoms with Crippen LogP contribution in [0.15, 0.2) is 12.1 Å². The molecular weight excluding hydrogens is 278 g/mol. The molecule has 0 aliphatic carbocycles. The van der Waals surface area contributed by atoms with Crippen molar-refractivity contribution in [2.45, 2.75) is 51.1 Å². The van der Waals surface area contributed by atoms with Gasteiger partial charge in [0, 0.05) is 42.0 Å². The Labute approximate surface area is 133 Å². The van der Waals surface area contributed by atoms with Gasteiger partial charge in [0.15, 0.2) is 0 Å². The van der Waals surface area contributed by atoms with Crippen LogP contribution < -0.4 is 5.73 Å². The van der Waals surface area contributed by atoms with Gasteiger partial charge in [-0.3, -0.25) is 9.80 Å². The van der Waals surface area contributed by atoms with Crippen molar-refractivity contribution in [2.24, 2.45) is 5.73 Å². The highest BCUT2D eigenvalue weighted by atomic mass is 32.1. The number of rotatable bonds is 3. The molecule has 4 heteroatoms. The fraction of sp³-hybridized carbons (Fsp3) is 0.765. The van der Waals surface area contributed by atoms with Crippen molar-refractivity contribution in [3.8, 4) is 0 Å². The van der Waals surface area contributed by atoms with Crippen molar-refractivity contribution < 1.29 is 0 Å². The molecular formula is C17H29N3S. The van der Waals surface area contributed by atoms with Crippen LogP contribution in [0.2, 0.25) is 0 Å². The van der Waals surface area contributed by atoms with Crippen LogP contribution in [0.5, 0.6) is 0 Å². The fourth-order valence-electron chi connectivity index (χ4n) is 3.68. The average molecular weight is 308 g/mol. The van der Waals surface area contributed by atoms with Crippen LogP contribution in [0.3, 0.4) is 0 Å². The zero-order valence-corrected chi connectivity index (χ0v) is 14.5. The lowest BCUT2D eigenvalue weighted by atomic mass is 9.95. The summed E-state index contributed by atoms with van der Waals surface area (Å²) in [7, 11) is 0. The van der Waals surface area contributed by atoms with E-state index in [4.69, 9.17) is 5.73 Å². The third-order valence-corrected chi connectivity index (χ3v) is 6.59. The Balaban J connectivity index is 1.74. The number of hydrogen-bond donors (Lipinski definition) is 1. The molecule has 1 aromatic heterocycles. The van der Waals surface area contributed by atoms with Gasteiger partial charge < -0.3 is 5.73 Å². The Bertz CT molecular complexity index is 477. The minimum absolute atomic E-state index is 0.242. The first kappa shape index (κ1) is 15.5. The van der Waals surface area contributed by atoms with E-state index >= 15 is 0 Å². The molecule has 2 saturated heterocycles. The number of fused-ring (bicyclic) bond motifs is 1. The summed E-state index contributed by atoms with van der Waals surface area (Å²) in [4.78, 5) is 8.22. The van der Waals surface area contributed by atoms with E-state index in [0.717, 1.165) is 12.6 Å². The largest absolute Gasteiger partial charge is 0.329 e. The summed E-state index contributed by atoms with van der Waals surface area (Å²) in [6.45, 7) is 12.5. The van der Waals surface area contributed by atoms with Crippen LogP contribution in [-0.4, -0.2) is 48.6 Å². The SMILES string of the molecule is CC(C)(C)c1ccc(C(CN)N2CCN3CCCC3C2)s1. The molecule has 0 amide bonds. The normalized spacial score (nSPS) is 26.0. The molecule has 2 fully saturated rings. The zero-order chi connectivity index (χ0) is 15.0. The lowest BCUT2D eigenvalue weighted by Crippen LogP contribution is -2.52. The molecule has 0 saturated carbocycles. The molecule has 1 aromatic rings. The Morgan fingerprint density at radius 2 is 2.10 bits per heavy atom. The summed E-state index contributed by atoms with van der Waals surface area (Å²) < 4.78 is 0. The van der Waals surface area contributed by atoms with Gasteiger partial charge in [0.2, 0.25) is 0 Å². The van der Waals surface area contributed by atoms with Crippen LogP contribution in [-0.2, 0) is 5.41 Å². The highest BCUT2D eigenvalue weighted by Crippen LogP contribution is 2.35. The van der Waals surface area contributed by atoms with E-state index in [2.05, 4.69) is 42.7 Å². The molecule has 0 spiro atoms. The highest BCUT2D eigenvalue weighted by molar-refractivity contribution is 7.12. The van der Waals surface area contributed by atoms with Crippen molar-refractivity contribution in [1.82, 2.24) is 9.80 Å². The Hall–Kier alpha value is -0.420. The van der Waals surface area contributed by atoms with Gasteiger partial charge in [0.1, 0.15) is 0 Å². The molecule has 3 rings (SSSR count). The van der Waals surface area contributed by atoms with Crippen molar-refractivity contribution in [1.29, 1.82) is 0 Å². The Kier molecular flexibility index (Phi) is 4.42. The number of nitrogens with zero attached hydrogens (tertiary/aromatic N) is 2. The molecule has 21 heavy (non-hydrogen) atoms. The van der Waals surface area contributed by atoms with Crippen molar-refractivity contribution >= 4 is 11.3 Å². The maximum Gasteiger partial charge on any atom is 0.0565 e. The first-order valence-corrected chi connectivity index (χ1v) is 9.09. The third kappa shape index (κ3) is 3.19. The molecule has 2 aliphatic heterocycles. The predicted octanol–water partition coefficient (Wildman–Crippen LogP) is 2.83. The van der Waals surface area contributed by atoms with Gasteiger partial charge in [0.05, 0.1) is 6.04 Å². The lowest BCUT2D eigenvalue weighted by molar-refractivity contribution is 0.0748. The topological polar surface area (TPSA) is 32.5 Å². The zero-order valence-electron chi connectivity index (χ0n) is 13.6. The third-order valence-electron chi connectivity index (χ3n) is 4.98. The van der Waals surface area contributed by atoms with Gasteiger partial charge in [-0.1, -0.05) is 20.8 Å². The molecule has 0 bridgehead atoms. The van der Waals surface area contributed by atoms with E-state index < -0.39 is 0 Å². The van der Waals surface area contributed by atoms with Crippen molar-refractivity contribution in [3.05, 3.63) is 21.9 Å². The summed E-state index contributed by atoms with van der Waals surface area (Å²) in [5.74, 6) is 0. The first-order valence-electron chi connectivity index (χ1n) is 8.27. The van der Waals surface area contributed by atoms with E-state index in [1.165, 1.54) is 48.8 Å². The predicted molar refractivity (Wildman–Crippen MR) is 91.0 cm³/mol. The fourth-order valence-corrected chi connectivity index (χ4v) is 4.89. The van der Waals surface area contributed by atoms with Crippen molar-refractivity contribution in [2.75, 3.05) is 32.7 Å². The van der Waals surface area contributed by atoms with Gasteiger partial charge in [-0.05, 0) is 36.9 Å². The van der Waals surface area contributed by atoms with E-state index in [9.17, 15) is 0 Å². The van der Waals surface area contributed by atoms with Gasteiger partial charge >= 0.3 is 0 Å². The molecule has 118 valence electrons. The summed E-state index contributed by atoms with van der Waals surface area (Å²) in [5, 5.41) is 0. The molecule has 2 unspecified atom stereocenters. The summed E-state index contributed by atoms with van der Waals surface area (Å²) in [6.07, 6.45) is 2.74. The molecule has 3 heterocycles. The number of piperazine rings is 1. The van der Waals surface area contributed by atoms with E-state index in [0.29, 0.717) is 6.04 Å². The Morgan fingerprint density at radius 3 is 2.76 bits per heavy atom. The minimum atomic E-state index is 0.242. The second-order valence-corrected chi connectivity index (χ2v) is 8.65. The van der Waals surface area contributed by atoms with Crippen LogP contribution in [0.25, 0.3) is 0 Å². The van der Waals surface area contributed by atoms with Gasteiger partial charge in [-0.25, -0.2) is 0 Å². The van der Waals surface area contributed by atoms with E-state index in [-0.39, 0.29) is 5.41 Å². The van der Waals surface area contributed by atoms with Crippen LogP contribution in [0.1, 0.15) is 49.4 Å².